The van der Waals surface area contributed by atoms with E-state index in [4.69, 9.17) is 11.6 Å². The standard InChI is InChI=1S/C17H26BrClN2/c1-5-12(4)16-10-21(17(9-20-16)11(2)3)13-6-7-15(19)14(18)8-13/h6-8,11-12,16-17,20H,5,9-10H2,1-4H3. The predicted octanol–water partition coefficient (Wildman–Crippen LogP) is 4.95. The van der Waals surface area contributed by atoms with Crippen LogP contribution in [0.4, 0.5) is 5.69 Å². The molecular formula is C17H26BrClN2. The van der Waals surface area contributed by atoms with E-state index in [9.17, 15) is 0 Å². The quantitative estimate of drug-likeness (QED) is 0.803. The summed E-state index contributed by atoms with van der Waals surface area (Å²) in [7, 11) is 0. The normalized spacial score (nSPS) is 24.4. The topological polar surface area (TPSA) is 15.3 Å². The molecule has 4 heteroatoms. The molecule has 1 aliphatic heterocycles. The summed E-state index contributed by atoms with van der Waals surface area (Å²) in [6.45, 7) is 11.3. The summed E-state index contributed by atoms with van der Waals surface area (Å²) in [5, 5.41) is 4.52. The Kier molecular flexibility index (Phi) is 5.98. The number of benzene rings is 1. The van der Waals surface area contributed by atoms with Crippen LogP contribution >= 0.6 is 27.5 Å². The van der Waals surface area contributed by atoms with Crippen LogP contribution in [0.3, 0.4) is 0 Å². The average Bonchev–Trinajstić information content (AvgIpc) is 2.48. The first-order valence-corrected chi connectivity index (χ1v) is 9.06. The van der Waals surface area contributed by atoms with Gasteiger partial charge in [0.25, 0.3) is 0 Å². The van der Waals surface area contributed by atoms with Gasteiger partial charge in [-0.25, -0.2) is 0 Å². The zero-order valence-electron chi connectivity index (χ0n) is 13.4. The molecule has 1 N–H and O–H groups in total. The van der Waals surface area contributed by atoms with Crippen molar-refractivity contribution >= 4 is 33.2 Å². The Bertz CT molecular complexity index is 478. The van der Waals surface area contributed by atoms with Crippen molar-refractivity contribution in [3.63, 3.8) is 0 Å². The summed E-state index contributed by atoms with van der Waals surface area (Å²) < 4.78 is 0.975. The van der Waals surface area contributed by atoms with Gasteiger partial charge in [0.2, 0.25) is 0 Å². The SMILES string of the molecule is CCC(C)C1CN(c2ccc(Cl)c(Br)c2)C(C(C)C)CN1. The molecule has 1 heterocycles. The summed E-state index contributed by atoms with van der Waals surface area (Å²) in [6.07, 6.45) is 1.21. The Morgan fingerprint density at radius 2 is 2.10 bits per heavy atom. The van der Waals surface area contributed by atoms with Crippen LogP contribution in [0.1, 0.15) is 34.1 Å². The van der Waals surface area contributed by atoms with E-state index in [1.54, 1.807) is 0 Å². The molecule has 0 radical (unpaired) electrons. The highest BCUT2D eigenvalue weighted by Crippen LogP contribution is 2.31. The van der Waals surface area contributed by atoms with Gasteiger partial charge in [-0.15, -0.1) is 0 Å². The lowest BCUT2D eigenvalue weighted by atomic mass is 9.91. The van der Waals surface area contributed by atoms with Crippen LogP contribution in [0.5, 0.6) is 0 Å². The highest BCUT2D eigenvalue weighted by atomic mass is 79.9. The maximum Gasteiger partial charge on any atom is 0.0549 e. The van der Waals surface area contributed by atoms with E-state index in [-0.39, 0.29) is 0 Å². The number of piperazine rings is 1. The number of nitrogens with one attached hydrogen (secondary N) is 1. The number of hydrogen-bond acceptors (Lipinski definition) is 2. The molecule has 1 aromatic carbocycles. The Morgan fingerprint density at radius 1 is 1.38 bits per heavy atom. The van der Waals surface area contributed by atoms with Crippen molar-refractivity contribution in [1.29, 1.82) is 0 Å². The second-order valence-electron chi connectivity index (χ2n) is 6.46. The van der Waals surface area contributed by atoms with Crippen LogP contribution < -0.4 is 10.2 Å². The van der Waals surface area contributed by atoms with Gasteiger partial charge in [0.15, 0.2) is 0 Å². The van der Waals surface area contributed by atoms with Crippen LogP contribution in [-0.4, -0.2) is 25.2 Å². The van der Waals surface area contributed by atoms with Gasteiger partial charge in [-0.1, -0.05) is 45.7 Å². The van der Waals surface area contributed by atoms with Gasteiger partial charge in [-0.3, -0.25) is 0 Å². The first-order valence-electron chi connectivity index (χ1n) is 7.89. The van der Waals surface area contributed by atoms with Crippen LogP contribution in [0.25, 0.3) is 0 Å². The Balaban J connectivity index is 2.26. The molecule has 0 saturated carbocycles. The van der Waals surface area contributed by atoms with Crippen molar-refractivity contribution in [2.75, 3.05) is 18.0 Å². The minimum absolute atomic E-state index is 0.526. The third kappa shape index (κ3) is 3.94. The summed E-state index contributed by atoms with van der Waals surface area (Å²) in [5.74, 6) is 1.31. The fourth-order valence-electron chi connectivity index (χ4n) is 3.02. The molecule has 1 aromatic rings. The molecule has 2 nitrogen and oxygen atoms in total. The zero-order chi connectivity index (χ0) is 15.6. The molecular weight excluding hydrogens is 348 g/mol. The first-order chi connectivity index (χ1) is 9.93. The number of hydrogen-bond donors (Lipinski definition) is 1. The number of anilines is 1. The van der Waals surface area contributed by atoms with Crippen LogP contribution in [0.15, 0.2) is 22.7 Å². The molecule has 118 valence electrons. The van der Waals surface area contributed by atoms with E-state index < -0.39 is 0 Å². The van der Waals surface area contributed by atoms with Crippen molar-refractivity contribution in [2.24, 2.45) is 11.8 Å². The lowest BCUT2D eigenvalue weighted by Gasteiger charge is -2.45. The Hall–Kier alpha value is -0.250. The van der Waals surface area contributed by atoms with Gasteiger partial charge in [0.05, 0.1) is 5.02 Å². The molecule has 0 bridgehead atoms. The fraction of sp³-hybridized carbons (Fsp3) is 0.647. The molecule has 1 saturated heterocycles. The summed E-state index contributed by atoms with van der Waals surface area (Å²) in [4.78, 5) is 2.55. The van der Waals surface area contributed by atoms with Gasteiger partial charge < -0.3 is 10.2 Å². The molecule has 0 aromatic heterocycles. The average molecular weight is 374 g/mol. The van der Waals surface area contributed by atoms with E-state index in [2.05, 4.69) is 66.0 Å². The molecule has 0 aliphatic carbocycles. The lowest BCUT2D eigenvalue weighted by Crippen LogP contribution is -2.60. The minimum atomic E-state index is 0.526. The smallest absolute Gasteiger partial charge is 0.0549 e. The first kappa shape index (κ1) is 17.1. The third-order valence-corrected chi connectivity index (χ3v) is 5.93. The molecule has 1 fully saturated rings. The summed E-state index contributed by atoms with van der Waals surface area (Å²) >= 11 is 9.70. The molecule has 0 amide bonds. The minimum Gasteiger partial charge on any atom is -0.365 e. The number of halogens is 2. The van der Waals surface area contributed by atoms with Gasteiger partial charge >= 0.3 is 0 Å². The predicted molar refractivity (Wildman–Crippen MR) is 96.4 cm³/mol. The highest BCUT2D eigenvalue weighted by Gasteiger charge is 2.32. The van der Waals surface area contributed by atoms with Crippen molar-refractivity contribution in [1.82, 2.24) is 5.32 Å². The van der Waals surface area contributed by atoms with Gasteiger partial charge in [0.1, 0.15) is 0 Å². The Labute approximate surface area is 142 Å². The largest absolute Gasteiger partial charge is 0.365 e. The van der Waals surface area contributed by atoms with Crippen molar-refractivity contribution in [3.8, 4) is 0 Å². The molecule has 2 rings (SSSR count). The second-order valence-corrected chi connectivity index (χ2v) is 7.72. The zero-order valence-corrected chi connectivity index (χ0v) is 15.7. The van der Waals surface area contributed by atoms with Crippen molar-refractivity contribution < 1.29 is 0 Å². The Morgan fingerprint density at radius 3 is 2.67 bits per heavy atom. The molecule has 3 atom stereocenters. The maximum absolute atomic E-state index is 6.14. The summed E-state index contributed by atoms with van der Waals surface area (Å²) in [5.41, 5.74) is 1.26. The number of nitrogens with zero attached hydrogens (tertiary/aromatic N) is 1. The van der Waals surface area contributed by atoms with E-state index in [1.807, 2.05) is 6.07 Å². The van der Waals surface area contributed by atoms with Crippen molar-refractivity contribution in [2.45, 2.75) is 46.2 Å². The van der Waals surface area contributed by atoms with E-state index in [1.165, 1.54) is 12.1 Å². The monoisotopic (exact) mass is 372 g/mol. The molecule has 0 spiro atoms. The van der Waals surface area contributed by atoms with Gasteiger partial charge in [-0.05, 0) is 46.0 Å². The molecule has 21 heavy (non-hydrogen) atoms. The number of rotatable bonds is 4. The van der Waals surface area contributed by atoms with Crippen LogP contribution in [-0.2, 0) is 0 Å². The van der Waals surface area contributed by atoms with Gasteiger partial charge in [-0.2, -0.15) is 0 Å². The third-order valence-electron chi connectivity index (χ3n) is 4.72. The lowest BCUT2D eigenvalue weighted by molar-refractivity contribution is 0.281. The summed E-state index contributed by atoms with van der Waals surface area (Å²) in [6, 6.07) is 7.36. The highest BCUT2D eigenvalue weighted by molar-refractivity contribution is 9.10. The second kappa shape index (κ2) is 7.34. The fourth-order valence-corrected chi connectivity index (χ4v) is 3.50. The van der Waals surface area contributed by atoms with Crippen molar-refractivity contribution in [3.05, 3.63) is 27.7 Å². The molecule has 1 aliphatic rings. The van der Waals surface area contributed by atoms with E-state index in [0.29, 0.717) is 23.9 Å². The maximum atomic E-state index is 6.14. The van der Waals surface area contributed by atoms with E-state index in [0.717, 1.165) is 22.6 Å². The van der Waals surface area contributed by atoms with Crippen LogP contribution in [0, 0.1) is 11.8 Å². The molecule has 3 unspecified atom stereocenters. The van der Waals surface area contributed by atoms with Gasteiger partial charge in [0, 0.05) is 35.3 Å². The van der Waals surface area contributed by atoms with E-state index >= 15 is 0 Å². The van der Waals surface area contributed by atoms with Crippen LogP contribution in [0.2, 0.25) is 5.02 Å².